The van der Waals surface area contributed by atoms with Gasteiger partial charge < -0.3 is 13.7 Å². The standard InChI is InChI=1S/C22H41BO3Si/c1-11-21(26-27(9,10)22(6,7)8)16-19-12-14-20(15-13-19)23(24-17(2)3)25-18(4)5/h12-15,17-18,21H,11,16H2,1-10H3. The third-order valence-electron chi connectivity index (χ3n) is 5.23. The van der Waals surface area contributed by atoms with E-state index in [0.29, 0.717) is 0 Å². The van der Waals surface area contributed by atoms with Crippen LogP contribution in [0.4, 0.5) is 0 Å². The van der Waals surface area contributed by atoms with Crippen LogP contribution in [0.5, 0.6) is 0 Å². The van der Waals surface area contributed by atoms with E-state index in [0.717, 1.165) is 18.3 Å². The second-order valence-electron chi connectivity index (χ2n) is 9.56. The lowest BCUT2D eigenvalue weighted by Gasteiger charge is -2.39. The highest BCUT2D eigenvalue weighted by Gasteiger charge is 2.38. The van der Waals surface area contributed by atoms with Gasteiger partial charge >= 0.3 is 7.12 Å². The molecule has 154 valence electrons. The van der Waals surface area contributed by atoms with Crippen LogP contribution in [0, 0.1) is 0 Å². The van der Waals surface area contributed by atoms with E-state index < -0.39 is 8.32 Å². The molecule has 0 heterocycles. The molecule has 27 heavy (non-hydrogen) atoms. The van der Waals surface area contributed by atoms with Gasteiger partial charge in [0.1, 0.15) is 0 Å². The predicted octanol–water partition coefficient (Wildman–Crippen LogP) is 5.57. The van der Waals surface area contributed by atoms with Crippen molar-refractivity contribution in [3.63, 3.8) is 0 Å². The van der Waals surface area contributed by atoms with Crippen molar-refractivity contribution in [2.75, 3.05) is 0 Å². The summed E-state index contributed by atoms with van der Waals surface area (Å²) < 4.78 is 18.5. The smallest absolute Gasteiger partial charge is 0.414 e. The van der Waals surface area contributed by atoms with Gasteiger partial charge in [0.2, 0.25) is 0 Å². The molecule has 0 saturated heterocycles. The van der Waals surface area contributed by atoms with Gasteiger partial charge in [-0.2, -0.15) is 0 Å². The summed E-state index contributed by atoms with van der Waals surface area (Å²) in [6.45, 7) is 21.9. The molecule has 0 amide bonds. The number of rotatable bonds is 10. The van der Waals surface area contributed by atoms with Crippen molar-refractivity contribution >= 4 is 20.9 Å². The molecule has 0 aliphatic heterocycles. The van der Waals surface area contributed by atoms with Crippen molar-refractivity contribution in [1.29, 1.82) is 0 Å². The Hall–Kier alpha value is -0.618. The van der Waals surface area contributed by atoms with Crippen LogP contribution in [0.3, 0.4) is 0 Å². The van der Waals surface area contributed by atoms with Gasteiger partial charge in [0.25, 0.3) is 0 Å². The fraction of sp³-hybridized carbons (Fsp3) is 0.727. The first-order chi connectivity index (χ1) is 12.4. The van der Waals surface area contributed by atoms with Gasteiger partial charge in [0, 0.05) is 18.3 Å². The van der Waals surface area contributed by atoms with Crippen molar-refractivity contribution in [1.82, 2.24) is 0 Å². The summed E-state index contributed by atoms with van der Waals surface area (Å²) >= 11 is 0. The Morgan fingerprint density at radius 2 is 1.41 bits per heavy atom. The first-order valence-electron chi connectivity index (χ1n) is 10.4. The van der Waals surface area contributed by atoms with E-state index in [4.69, 9.17) is 13.7 Å². The molecule has 0 aliphatic carbocycles. The van der Waals surface area contributed by atoms with Crippen molar-refractivity contribution in [2.24, 2.45) is 0 Å². The van der Waals surface area contributed by atoms with Crippen LogP contribution in [0.2, 0.25) is 18.1 Å². The maximum atomic E-state index is 6.63. The summed E-state index contributed by atoms with van der Waals surface area (Å²) in [7, 11) is -2.06. The zero-order valence-corrected chi connectivity index (χ0v) is 20.3. The highest BCUT2D eigenvalue weighted by Crippen LogP contribution is 2.37. The van der Waals surface area contributed by atoms with Gasteiger partial charge in [-0.05, 0) is 69.7 Å². The minimum atomic E-state index is -1.75. The topological polar surface area (TPSA) is 27.7 Å². The molecule has 0 bridgehead atoms. The van der Waals surface area contributed by atoms with Gasteiger partial charge in [-0.25, -0.2) is 0 Å². The molecular formula is C22H41BO3Si. The molecule has 0 spiro atoms. The van der Waals surface area contributed by atoms with E-state index >= 15 is 0 Å². The predicted molar refractivity (Wildman–Crippen MR) is 120 cm³/mol. The molecule has 0 aromatic heterocycles. The lowest BCUT2D eigenvalue weighted by atomic mass is 9.77. The largest absolute Gasteiger partial charge is 0.494 e. The lowest BCUT2D eigenvalue weighted by molar-refractivity contribution is 0.139. The maximum Gasteiger partial charge on any atom is 0.494 e. The van der Waals surface area contributed by atoms with Crippen LogP contribution in [0.1, 0.15) is 67.4 Å². The summed E-state index contributed by atoms with van der Waals surface area (Å²) in [5.74, 6) is 0. The van der Waals surface area contributed by atoms with Gasteiger partial charge in [-0.15, -0.1) is 0 Å². The second-order valence-corrected chi connectivity index (χ2v) is 14.3. The van der Waals surface area contributed by atoms with Gasteiger partial charge in [0.05, 0.1) is 0 Å². The molecule has 0 N–H and O–H groups in total. The summed E-state index contributed by atoms with van der Waals surface area (Å²) in [5, 5.41) is 0.236. The monoisotopic (exact) mass is 392 g/mol. The molecule has 0 aliphatic rings. The van der Waals surface area contributed by atoms with Gasteiger partial charge in [-0.3, -0.25) is 0 Å². The van der Waals surface area contributed by atoms with Crippen molar-refractivity contribution in [2.45, 2.75) is 105 Å². The summed E-state index contributed by atoms with van der Waals surface area (Å²) in [6.07, 6.45) is 2.49. The molecule has 1 unspecified atom stereocenters. The summed E-state index contributed by atoms with van der Waals surface area (Å²) in [6, 6.07) is 8.63. The molecule has 0 radical (unpaired) electrons. The molecule has 1 rings (SSSR count). The van der Waals surface area contributed by atoms with Crippen LogP contribution >= 0.6 is 0 Å². The molecule has 1 atom stereocenters. The van der Waals surface area contributed by atoms with E-state index in [1.165, 1.54) is 5.56 Å². The highest BCUT2D eigenvalue weighted by atomic mass is 28.4. The molecule has 1 aromatic carbocycles. The van der Waals surface area contributed by atoms with Crippen molar-refractivity contribution in [3.8, 4) is 0 Å². The normalized spacial score (nSPS) is 14.1. The maximum absolute atomic E-state index is 6.63. The molecule has 0 saturated carbocycles. The van der Waals surface area contributed by atoms with Crippen LogP contribution in [0.25, 0.3) is 0 Å². The van der Waals surface area contributed by atoms with Crippen molar-refractivity contribution < 1.29 is 13.7 Å². The van der Waals surface area contributed by atoms with E-state index in [-0.39, 0.29) is 30.5 Å². The third kappa shape index (κ3) is 8.10. The van der Waals surface area contributed by atoms with Gasteiger partial charge in [-0.1, -0.05) is 52.0 Å². The Morgan fingerprint density at radius 3 is 1.78 bits per heavy atom. The van der Waals surface area contributed by atoms with E-state index in [1.54, 1.807) is 0 Å². The van der Waals surface area contributed by atoms with E-state index in [2.05, 4.69) is 65.1 Å². The van der Waals surface area contributed by atoms with Crippen LogP contribution in [-0.4, -0.2) is 33.7 Å². The minimum Gasteiger partial charge on any atom is -0.414 e. The molecule has 5 heteroatoms. The zero-order chi connectivity index (χ0) is 20.8. The SMILES string of the molecule is CCC(Cc1ccc(B(OC(C)C)OC(C)C)cc1)O[Si](C)(C)C(C)(C)C. The van der Waals surface area contributed by atoms with Crippen molar-refractivity contribution in [3.05, 3.63) is 29.8 Å². The first kappa shape index (κ1) is 24.4. The Labute approximate surface area is 169 Å². The van der Waals surface area contributed by atoms with Crippen LogP contribution in [-0.2, 0) is 20.2 Å². The van der Waals surface area contributed by atoms with Gasteiger partial charge in [0.15, 0.2) is 8.32 Å². The highest BCUT2D eigenvalue weighted by molar-refractivity contribution is 6.74. The Morgan fingerprint density at radius 1 is 0.926 bits per heavy atom. The average molecular weight is 392 g/mol. The average Bonchev–Trinajstić information content (AvgIpc) is 2.52. The van der Waals surface area contributed by atoms with Crippen LogP contribution < -0.4 is 5.46 Å². The Bertz CT molecular complexity index is 540. The molecular weight excluding hydrogens is 351 g/mol. The number of hydrogen-bond acceptors (Lipinski definition) is 3. The zero-order valence-electron chi connectivity index (χ0n) is 19.3. The van der Waals surface area contributed by atoms with E-state index in [9.17, 15) is 0 Å². The number of hydrogen-bond donors (Lipinski definition) is 0. The minimum absolute atomic E-state index is 0.121. The quantitative estimate of drug-likeness (QED) is 0.487. The lowest BCUT2D eigenvalue weighted by Crippen LogP contribution is -2.44. The Balaban J connectivity index is 2.84. The molecule has 0 fully saturated rings. The molecule has 3 nitrogen and oxygen atoms in total. The number of benzene rings is 1. The summed E-state index contributed by atoms with van der Waals surface area (Å²) in [5.41, 5.74) is 2.37. The molecule has 1 aromatic rings. The third-order valence-corrected chi connectivity index (χ3v) is 9.76. The fourth-order valence-electron chi connectivity index (χ4n) is 2.62. The van der Waals surface area contributed by atoms with Crippen LogP contribution in [0.15, 0.2) is 24.3 Å². The van der Waals surface area contributed by atoms with E-state index in [1.807, 2.05) is 27.7 Å². The first-order valence-corrected chi connectivity index (χ1v) is 13.3. The second kappa shape index (κ2) is 10.2. The summed E-state index contributed by atoms with van der Waals surface area (Å²) in [4.78, 5) is 0. The Kier molecular flexibility index (Phi) is 9.26. The fourth-order valence-corrected chi connectivity index (χ4v) is 4.06.